The Bertz CT molecular complexity index is 542. The predicted molar refractivity (Wildman–Crippen MR) is 60.7 cm³/mol. The molecular formula is C8H6BrFN4S. The fourth-order valence-corrected chi connectivity index (χ4v) is 1.84. The Hall–Kier alpha value is -1.21. The van der Waals surface area contributed by atoms with Crippen molar-refractivity contribution >= 4 is 28.1 Å². The lowest BCUT2D eigenvalue weighted by Gasteiger charge is -2.04. The van der Waals surface area contributed by atoms with Crippen LogP contribution in [0.3, 0.4) is 0 Å². The topological polar surface area (TPSA) is 59.6 Å². The maximum atomic E-state index is 13.5. The number of nitrogens with one attached hydrogen (secondary N) is 1. The van der Waals surface area contributed by atoms with Crippen LogP contribution in [0.5, 0.6) is 0 Å². The second-order valence-electron chi connectivity index (χ2n) is 2.82. The van der Waals surface area contributed by atoms with Crippen molar-refractivity contribution in [1.29, 1.82) is 0 Å². The van der Waals surface area contributed by atoms with Crippen LogP contribution in [-0.2, 0) is 0 Å². The quantitative estimate of drug-likeness (QED) is 0.625. The van der Waals surface area contributed by atoms with Crippen LogP contribution < -0.4 is 5.84 Å². The minimum absolute atomic E-state index is 0.236. The van der Waals surface area contributed by atoms with E-state index in [1.165, 1.54) is 6.07 Å². The van der Waals surface area contributed by atoms with Crippen LogP contribution in [0.1, 0.15) is 0 Å². The Morgan fingerprint density at radius 1 is 1.53 bits per heavy atom. The van der Waals surface area contributed by atoms with Gasteiger partial charge in [0.15, 0.2) is 5.82 Å². The Morgan fingerprint density at radius 3 is 2.80 bits per heavy atom. The third-order valence-corrected chi connectivity index (χ3v) is 2.84. The van der Waals surface area contributed by atoms with Gasteiger partial charge in [-0.1, -0.05) is 6.07 Å². The molecular weight excluding hydrogens is 283 g/mol. The summed E-state index contributed by atoms with van der Waals surface area (Å²) in [5, 5.41) is 6.35. The van der Waals surface area contributed by atoms with E-state index in [-0.39, 0.29) is 16.2 Å². The molecule has 7 heteroatoms. The molecule has 0 spiro atoms. The summed E-state index contributed by atoms with van der Waals surface area (Å²) in [6.45, 7) is 0. The number of nitrogen functional groups attached to an aromatic ring is 1. The molecule has 0 saturated heterocycles. The molecule has 0 aliphatic rings. The highest BCUT2D eigenvalue weighted by Gasteiger charge is 2.14. The first-order valence-electron chi connectivity index (χ1n) is 3.98. The zero-order valence-corrected chi connectivity index (χ0v) is 9.77. The number of nitrogens with zero attached hydrogens (tertiary/aromatic N) is 2. The van der Waals surface area contributed by atoms with Crippen LogP contribution in [0.2, 0.25) is 0 Å². The third-order valence-electron chi connectivity index (χ3n) is 1.89. The Morgan fingerprint density at radius 2 is 2.27 bits per heavy atom. The van der Waals surface area contributed by atoms with Crippen molar-refractivity contribution in [1.82, 2.24) is 14.9 Å². The average molecular weight is 289 g/mol. The average Bonchev–Trinajstić information content (AvgIpc) is 2.49. The monoisotopic (exact) mass is 288 g/mol. The molecule has 0 atom stereocenters. The molecule has 4 nitrogen and oxygen atoms in total. The van der Waals surface area contributed by atoms with Crippen molar-refractivity contribution in [2.75, 3.05) is 5.84 Å². The fraction of sp³-hybridized carbons (Fsp3) is 0. The van der Waals surface area contributed by atoms with Gasteiger partial charge in [-0.15, -0.1) is 0 Å². The number of halogens is 2. The predicted octanol–water partition coefficient (Wildman–Crippen LogP) is 2.22. The normalized spacial score (nSPS) is 10.5. The van der Waals surface area contributed by atoms with E-state index < -0.39 is 5.82 Å². The highest BCUT2D eigenvalue weighted by Crippen LogP contribution is 2.28. The fourth-order valence-electron chi connectivity index (χ4n) is 1.19. The second kappa shape index (κ2) is 3.74. The minimum atomic E-state index is -0.412. The molecule has 1 aromatic heterocycles. The SMILES string of the molecule is Nn1c(-c2c(F)cccc2Br)n[nH]c1=S. The van der Waals surface area contributed by atoms with E-state index in [1.54, 1.807) is 12.1 Å². The summed E-state index contributed by atoms with van der Waals surface area (Å²) < 4.78 is 15.5. The highest BCUT2D eigenvalue weighted by atomic mass is 79.9. The van der Waals surface area contributed by atoms with Crippen LogP contribution >= 0.6 is 28.1 Å². The van der Waals surface area contributed by atoms with Crippen molar-refractivity contribution in [2.45, 2.75) is 0 Å². The molecule has 0 amide bonds. The number of benzene rings is 1. The van der Waals surface area contributed by atoms with E-state index in [1.807, 2.05) is 0 Å². The highest BCUT2D eigenvalue weighted by molar-refractivity contribution is 9.10. The molecule has 0 fully saturated rings. The molecule has 0 radical (unpaired) electrons. The van der Waals surface area contributed by atoms with Gasteiger partial charge in [-0.05, 0) is 40.3 Å². The molecule has 3 N–H and O–H groups in total. The molecule has 0 aliphatic heterocycles. The molecule has 15 heavy (non-hydrogen) atoms. The van der Waals surface area contributed by atoms with E-state index >= 15 is 0 Å². The Kier molecular flexibility index (Phi) is 2.57. The molecule has 1 heterocycles. The van der Waals surface area contributed by atoms with Crippen LogP contribution in [0, 0.1) is 10.6 Å². The summed E-state index contributed by atoms with van der Waals surface area (Å²) >= 11 is 8.07. The van der Waals surface area contributed by atoms with Crippen molar-refractivity contribution in [2.24, 2.45) is 0 Å². The first-order valence-corrected chi connectivity index (χ1v) is 5.18. The maximum absolute atomic E-state index is 13.5. The molecule has 78 valence electrons. The van der Waals surface area contributed by atoms with Crippen LogP contribution in [-0.4, -0.2) is 14.9 Å². The number of nitrogens with two attached hydrogens (primary N) is 1. The zero-order chi connectivity index (χ0) is 11.0. The molecule has 0 saturated carbocycles. The van der Waals surface area contributed by atoms with E-state index in [0.717, 1.165) is 4.68 Å². The van der Waals surface area contributed by atoms with Gasteiger partial charge in [-0.3, -0.25) is 0 Å². The largest absolute Gasteiger partial charge is 0.335 e. The molecule has 1 aromatic carbocycles. The maximum Gasteiger partial charge on any atom is 0.214 e. The van der Waals surface area contributed by atoms with Crippen LogP contribution in [0.25, 0.3) is 11.4 Å². The molecule has 0 aliphatic carbocycles. The van der Waals surface area contributed by atoms with Gasteiger partial charge in [0.1, 0.15) is 5.82 Å². The van der Waals surface area contributed by atoms with E-state index in [0.29, 0.717) is 4.47 Å². The van der Waals surface area contributed by atoms with Crippen molar-refractivity contribution in [3.63, 3.8) is 0 Å². The Labute approximate surface area is 98.0 Å². The van der Waals surface area contributed by atoms with Crippen LogP contribution in [0.15, 0.2) is 22.7 Å². The summed E-state index contributed by atoms with van der Waals surface area (Å²) in [5.41, 5.74) is 0.285. The lowest BCUT2D eigenvalue weighted by molar-refractivity contribution is 0.628. The van der Waals surface area contributed by atoms with Gasteiger partial charge >= 0.3 is 0 Å². The van der Waals surface area contributed by atoms with Gasteiger partial charge in [0.25, 0.3) is 0 Å². The number of hydrogen-bond acceptors (Lipinski definition) is 3. The second-order valence-corrected chi connectivity index (χ2v) is 4.06. The van der Waals surface area contributed by atoms with Gasteiger partial charge in [0.2, 0.25) is 4.77 Å². The Balaban J connectivity index is 2.74. The van der Waals surface area contributed by atoms with Crippen molar-refractivity contribution in [3.8, 4) is 11.4 Å². The summed E-state index contributed by atoms with van der Waals surface area (Å²) in [6, 6.07) is 4.62. The first-order chi connectivity index (χ1) is 7.11. The summed E-state index contributed by atoms with van der Waals surface area (Å²) in [7, 11) is 0. The van der Waals surface area contributed by atoms with Crippen molar-refractivity contribution < 1.29 is 4.39 Å². The molecule has 2 aromatic rings. The number of aromatic nitrogens is 3. The van der Waals surface area contributed by atoms with Crippen LogP contribution in [0.4, 0.5) is 4.39 Å². The number of H-pyrrole nitrogens is 1. The zero-order valence-electron chi connectivity index (χ0n) is 7.37. The number of hydrogen-bond donors (Lipinski definition) is 2. The molecule has 2 rings (SSSR count). The van der Waals surface area contributed by atoms with Gasteiger partial charge < -0.3 is 5.84 Å². The molecule has 0 unspecified atom stereocenters. The standard InChI is InChI=1S/C8H6BrFN4S/c9-4-2-1-3-5(10)6(4)7-12-13-8(15)14(7)11/h1-3H,11H2,(H,13,15). The smallest absolute Gasteiger partial charge is 0.214 e. The number of aromatic amines is 1. The van der Waals surface area contributed by atoms with Gasteiger partial charge in [0, 0.05) is 4.47 Å². The van der Waals surface area contributed by atoms with E-state index in [9.17, 15) is 4.39 Å². The number of rotatable bonds is 1. The third kappa shape index (κ3) is 1.68. The summed E-state index contributed by atoms with van der Waals surface area (Å²) in [6.07, 6.45) is 0. The minimum Gasteiger partial charge on any atom is -0.335 e. The summed E-state index contributed by atoms with van der Waals surface area (Å²) in [5.74, 6) is 5.45. The summed E-state index contributed by atoms with van der Waals surface area (Å²) in [4.78, 5) is 0. The van der Waals surface area contributed by atoms with Crippen molar-refractivity contribution in [3.05, 3.63) is 33.3 Å². The lowest BCUT2D eigenvalue weighted by Crippen LogP contribution is -2.10. The van der Waals surface area contributed by atoms with E-state index in [4.69, 9.17) is 18.1 Å². The van der Waals surface area contributed by atoms with E-state index in [2.05, 4.69) is 26.1 Å². The van der Waals surface area contributed by atoms with Gasteiger partial charge in [0.05, 0.1) is 5.56 Å². The van der Waals surface area contributed by atoms with Gasteiger partial charge in [-0.25, -0.2) is 14.2 Å². The van der Waals surface area contributed by atoms with Gasteiger partial charge in [-0.2, -0.15) is 5.10 Å². The molecule has 0 bridgehead atoms. The first kappa shape index (κ1) is 10.3. The lowest BCUT2D eigenvalue weighted by atomic mass is 10.2.